The summed E-state index contributed by atoms with van der Waals surface area (Å²) in [4.78, 5) is 20.9. The van der Waals surface area contributed by atoms with Crippen molar-refractivity contribution in [3.8, 4) is 0 Å². The van der Waals surface area contributed by atoms with Crippen LogP contribution in [0.1, 0.15) is 60.8 Å². The van der Waals surface area contributed by atoms with Crippen LogP contribution in [-0.2, 0) is 12.0 Å². The van der Waals surface area contributed by atoms with E-state index in [0.29, 0.717) is 6.54 Å². The third kappa shape index (κ3) is 7.49. The van der Waals surface area contributed by atoms with Gasteiger partial charge in [0.25, 0.3) is 5.91 Å². The minimum atomic E-state index is 0. The molecule has 1 fully saturated rings. The van der Waals surface area contributed by atoms with Gasteiger partial charge in [-0.3, -0.25) is 4.79 Å². The molecule has 2 heterocycles. The van der Waals surface area contributed by atoms with E-state index in [1.807, 2.05) is 29.2 Å². The SMILES string of the molecule is CCNC(=NCc1cccc(C(=O)N2CCCCC2)c1)NCC(C)(C)c1cccs1.I. The van der Waals surface area contributed by atoms with Crippen molar-refractivity contribution >= 4 is 47.2 Å². The van der Waals surface area contributed by atoms with Crippen LogP contribution in [0.15, 0.2) is 46.8 Å². The first kappa shape index (κ1) is 25.6. The normalized spacial score (nSPS) is 14.7. The van der Waals surface area contributed by atoms with Crippen LogP contribution in [0, 0.1) is 0 Å². The molecule has 0 spiro atoms. The van der Waals surface area contributed by atoms with E-state index in [0.717, 1.165) is 56.1 Å². The number of guanidine groups is 1. The fourth-order valence-electron chi connectivity index (χ4n) is 3.65. The maximum absolute atomic E-state index is 12.8. The van der Waals surface area contributed by atoms with Crippen molar-refractivity contribution in [3.63, 3.8) is 0 Å². The fourth-order valence-corrected chi connectivity index (χ4v) is 4.50. The summed E-state index contributed by atoms with van der Waals surface area (Å²) in [6, 6.07) is 12.2. The number of carbonyl (C=O) groups is 1. The summed E-state index contributed by atoms with van der Waals surface area (Å²) >= 11 is 1.78. The molecule has 2 N–H and O–H groups in total. The van der Waals surface area contributed by atoms with Crippen LogP contribution >= 0.6 is 35.3 Å². The number of halogens is 1. The first-order valence-electron chi connectivity index (χ1n) is 10.9. The van der Waals surface area contributed by atoms with E-state index in [4.69, 9.17) is 4.99 Å². The molecule has 0 radical (unpaired) electrons. The third-order valence-electron chi connectivity index (χ3n) is 5.47. The molecule has 5 nitrogen and oxygen atoms in total. The highest BCUT2D eigenvalue weighted by Gasteiger charge is 2.22. The van der Waals surface area contributed by atoms with Gasteiger partial charge in [-0.2, -0.15) is 0 Å². The summed E-state index contributed by atoms with van der Waals surface area (Å²) in [5.41, 5.74) is 1.85. The van der Waals surface area contributed by atoms with E-state index in [1.165, 1.54) is 11.3 Å². The molecule has 31 heavy (non-hydrogen) atoms. The van der Waals surface area contributed by atoms with Gasteiger partial charge in [-0.25, -0.2) is 4.99 Å². The van der Waals surface area contributed by atoms with Gasteiger partial charge in [0.2, 0.25) is 0 Å². The van der Waals surface area contributed by atoms with Gasteiger partial charge < -0.3 is 15.5 Å². The number of aliphatic imine (C=N–C) groups is 1. The van der Waals surface area contributed by atoms with Crippen LogP contribution in [0.5, 0.6) is 0 Å². The van der Waals surface area contributed by atoms with Crippen molar-refractivity contribution in [2.24, 2.45) is 4.99 Å². The molecule has 1 saturated heterocycles. The van der Waals surface area contributed by atoms with E-state index >= 15 is 0 Å². The number of carbonyl (C=O) groups excluding carboxylic acids is 1. The van der Waals surface area contributed by atoms with E-state index in [9.17, 15) is 4.79 Å². The Morgan fingerprint density at radius 1 is 1.13 bits per heavy atom. The molecule has 7 heteroatoms. The molecule has 1 aliphatic heterocycles. The molecule has 0 saturated carbocycles. The lowest BCUT2D eigenvalue weighted by molar-refractivity contribution is 0.0724. The first-order chi connectivity index (χ1) is 14.5. The molecule has 2 aromatic rings. The molecule has 0 aliphatic carbocycles. The van der Waals surface area contributed by atoms with Gasteiger partial charge in [-0.05, 0) is 55.3 Å². The quantitative estimate of drug-likeness (QED) is 0.287. The summed E-state index contributed by atoms with van der Waals surface area (Å²) in [6.45, 7) is 10.4. The van der Waals surface area contributed by atoms with Crippen molar-refractivity contribution < 1.29 is 4.79 Å². The highest BCUT2D eigenvalue weighted by molar-refractivity contribution is 14.0. The van der Waals surface area contributed by atoms with Crippen molar-refractivity contribution in [2.45, 2.75) is 52.0 Å². The first-order valence-corrected chi connectivity index (χ1v) is 11.8. The smallest absolute Gasteiger partial charge is 0.253 e. The Labute approximate surface area is 207 Å². The fraction of sp³-hybridized carbons (Fsp3) is 0.500. The Balaban J connectivity index is 0.00000341. The summed E-state index contributed by atoms with van der Waals surface area (Å²) in [5.74, 6) is 0.943. The predicted molar refractivity (Wildman–Crippen MR) is 142 cm³/mol. The second-order valence-corrected chi connectivity index (χ2v) is 9.41. The van der Waals surface area contributed by atoms with Gasteiger partial charge in [0.1, 0.15) is 0 Å². The molecule has 1 aromatic carbocycles. The standard InChI is InChI=1S/C24H34N4OS.HI/c1-4-25-23(27-18-24(2,3)21-12-9-15-30-21)26-17-19-10-8-11-20(16-19)22(29)28-13-6-5-7-14-28;/h8-12,15-16H,4-7,13-14,17-18H2,1-3H3,(H2,25,26,27);1H. The Kier molecular flexibility index (Phi) is 10.3. The number of rotatable bonds is 7. The lowest BCUT2D eigenvalue weighted by Crippen LogP contribution is -2.43. The van der Waals surface area contributed by atoms with Crippen LogP contribution < -0.4 is 10.6 Å². The van der Waals surface area contributed by atoms with Gasteiger partial charge in [0.05, 0.1) is 6.54 Å². The second kappa shape index (κ2) is 12.4. The molecular weight excluding hydrogens is 519 g/mol. The number of nitrogens with one attached hydrogen (secondary N) is 2. The lowest BCUT2D eigenvalue weighted by Gasteiger charge is -2.26. The molecule has 0 bridgehead atoms. The Morgan fingerprint density at radius 3 is 2.58 bits per heavy atom. The van der Waals surface area contributed by atoms with Crippen molar-refractivity contribution in [1.82, 2.24) is 15.5 Å². The number of nitrogens with zero attached hydrogens (tertiary/aromatic N) is 2. The van der Waals surface area contributed by atoms with Gasteiger partial charge in [0, 0.05) is 42.0 Å². The Morgan fingerprint density at radius 2 is 1.90 bits per heavy atom. The lowest BCUT2D eigenvalue weighted by atomic mass is 9.91. The molecule has 1 aromatic heterocycles. The van der Waals surface area contributed by atoms with Crippen molar-refractivity contribution in [1.29, 1.82) is 0 Å². The van der Waals surface area contributed by atoms with E-state index in [-0.39, 0.29) is 35.3 Å². The average Bonchev–Trinajstić information content (AvgIpc) is 3.32. The topological polar surface area (TPSA) is 56.7 Å². The number of piperidine rings is 1. The molecule has 1 amide bonds. The molecule has 3 rings (SSSR count). The van der Waals surface area contributed by atoms with E-state index in [1.54, 1.807) is 11.3 Å². The molecule has 0 atom stereocenters. The largest absolute Gasteiger partial charge is 0.357 e. The van der Waals surface area contributed by atoms with Crippen LogP contribution in [-0.4, -0.2) is 42.9 Å². The van der Waals surface area contributed by atoms with Gasteiger partial charge in [0.15, 0.2) is 5.96 Å². The number of benzene rings is 1. The average molecular weight is 555 g/mol. The summed E-state index contributed by atoms with van der Waals surface area (Å²) in [7, 11) is 0. The summed E-state index contributed by atoms with van der Waals surface area (Å²) in [5, 5.41) is 8.93. The zero-order chi connectivity index (χ0) is 21.4. The zero-order valence-corrected chi connectivity index (χ0v) is 22.0. The van der Waals surface area contributed by atoms with Crippen LogP contribution in [0.2, 0.25) is 0 Å². The maximum atomic E-state index is 12.8. The van der Waals surface area contributed by atoms with Crippen LogP contribution in [0.25, 0.3) is 0 Å². The molecule has 1 aliphatic rings. The Bertz CT molecular complexity index is 845. The van der Waals surface area contributed by atoms with Crippen LogP contribution in [0.4, 0.5) is 0 Å². The van der Waals surface area contributed by atoms with Crippen molar-refractivity contribution in [3.05, 3.63) is 57.8 Å². The zero-order valence-electron chi connectivity index (χ0n) is 18.8. The van der Waals surface area contributed by atoms with Crippen LogP contribution in [0.3, 0.4) is 0 Å². The molecular formula is C24H35IN4OS. The highest BCUT2D eigenvalue weighted by Crippen LogP contribution is 2.26. The van der Waals surface area contributed by atoms with Gasteiger partial charge in [-0.15, -0.1) is 35.3 Å². The third-order valence-corrected chi connectivity index (χ3v) is 6.70. The highest BCUT2D eigenvalue weighted by atomic mass is 127. The minimum Gasteiger partial charge on any atom is -0.357 e. The van der Waals surface area contributed by atoms with E-state index in [2.05, 4.69) is 48.9 Å². The second-order valence-electron chi connectivity index (χ2n) is 8.46. The Hall–Kier alpha value is -1.61. The predicted octanol–water partition coefficient (Wildman–Crippen LogP) is 5.03. The number of hydrogen-bond acceptors (Lipinski definition) is 3. The van der Waals surface area contributed by atoms with Gasteiger partial charge >= 0.3 is 0 Å². The van der Waals surface area contributed by atoms with Crippen molar-refractivity contribution in [2.75, 3.05) is 26.2 Å². The number of hydrogen-bond donors (Lipinski definition) is 2. The summed E-state index contributed by atoms with van der Waals surface area (Å²) in [6.07, 6.45) is 3.44. The molecule has 170 valence electrons. The summed E-state index contributed by atoms with van der Waals surface area (Å²) < 4.78 is 0. The maximum Gasteiger partial charge on any atom is 0.253 e. The molecule has 0 unspecified atom stereocenters. The van der Waals surface area contributed by atoms with Gasteiger partial charge in [-0.1, -0.05) is 32.0 Å². The monoisotopic (exact) mass is 554 g/mol. The number of likely N-dealkylation sites (tertiary alicyclic amines) is 1. The number of thiophene rings is 1. The van der Waals surface area contributed by atoms with E-state index < -0.39 is 0 Å². The minimum absolute atomic E-state index is 0. The number of amides is 1.